The molecular formula is C21H14N4O3. The molecule has 0 aliphatic carbocycles. The van der Waals surface area contributed by atoms with Gasteiger partial charge in [-0.1, -0.05) is 0 Å². The van der Waals surface area contributed by atoms with Crippen molar-refractivity contribution in [3.8, 4) is 29.4 Å². The lowest BCUT2D eigenvalue weighted by molar-refractivity contribution is 0.0734. The Hall–Kier alpha value is -4.49. The van der Waals surface area contributed by atoms with E-state index >= 15 is 0 Å². The summed E-state index contributed by atoms with van der Waals surface area (Å²) in [6.45, 7) is 0. The van der Waals surface area contributed by atoms with Crippen LogP contribution >= 0.6 is 0 Å². The van der Waals surface area contributed by atoms with Crippen molar-refractivity contribution in [3.63, 3.8) is 0 Å². The summed E-state index contributed by atoms with van der Waals surface area (Å²) in [5, 5.41) is 18.0. The van der Waals surface area contributed by atoms with E-state index in [1.165, 1.54) is 24.3 Å². The largest absolute Gasteiger partial charge is 0.457 e. The van der Waals surface area contributed by atoms with E-state index in [4.69, 9.17) is 31.5 Å². The fourth-order valence-corrected chi connectivity index (χ4v) is 2.45. The van der Waals surface area contributed by atoms with E-state index in [1.54, 1.807) is 36.4 Å². The molecule has 0 saturated carbocycles. The van der Waals surface area contributed by atoms with E-state index in [0.717, 1.165) is 0 Å². The maximum atomic E-state index is 12.2. The van der Waals surface area contributed by atoms with Gasteiger partial charge in [-0.25, -0.2) is 4.79 Å². The molecule has 28 heavy (non-hydrogen) atoms. The Kier molecular flexibility index (Phi) is 5.11. The Balaban J connectivity index is 1.71. The minimum absolute atomic E-state index is 0.229. The zero-order chi connectivity index (χ0) is 20.1. The fraction of sp³-hybridized carbons (Fsp3) is 0. The molecule has 7 nitrogen and oxygen atoms in total. The lowest BCUT2D eigenvalue weighted by atomic mass is 10.1. The van der Waals surface area contributed by atoms with E-state index in [2.05, 4.69) is 0 Å². The first-order valence-electron chi connectivity index (χ1n) is 8.09. The lowest BCUT2D eigenvalue weighted by Gasteiger charge is -2.09. The zero-order valence-electron chi connectivity index (χ0n) is 14.5. The molecule has 7 heteroatoms. The van der Waals surface area contributed by atoms with Gasteiger partial charge >= 0.3 is 5.97 Å². The summed E-state index contributed by atoms with van der Waals surface area (Å²) in [4.78, 5) is 12.2. The van der Waals surface area contributed by atoms with E-state index in [9.17, 15) is 4.79 Å². The van der Waals surface area contributed by atoms with Crippen LogP contribution in [0, 0.1) is 22.7 Å². The van der Waals surface area contributed by atoms with E-state index in [0.29, 0.717) is 28.6 Å². The van der Waals surface area contributed by atoms with Crippen LogP contribution in [0.2, 0.25) is 0 Å². The number of esters is 1. The van der Waals surface area contributed by atoms with Crippen molar-refractivity contribution >= 4 is 17.3 Å². The second-order valence-electron chi connectivity index (χ2n) is 5.78. The van der Waals surface area contributed by atoms with Crippen molar-refractivity contribution in [2.24, 2.45) is 0 Å². The molecule has 0 saturated heterocycles. The molecule has 0 radical (unpaired) electrons. The average molecular weight is 370 g/mol. The first kappa shape index (κ1) is 18.3. The van der Waals surface area contributed by atoms with E-state index < -0.39 is 5.97 Å². The maximum absolute atomic E-state index is 12.2. The zero-order valence-corrected chi connectivity index (χ0v) is 14.5. The summed E-state index contributed by atoms with van der Waals surface area (Å²) >= 11 is 0. The highest BCUT2D eigenvalue weighted by atomic mass is 16.5. The van der Waals surface area contributed by atoms with Crippen LogP contribution in [0.3, 0.4) is 0 Å². The van der Waals surface area contributed by atoms with Gasteiger partial charge < -0.3 is 20.9 Å². The van der Waals surface area contributed by atoms with Crippen molar-refractivity contribution in [2.75, 3.05) is 11.5 Å². The summed E-state index contributed by atoms with van der Waals surface area (Å²) in [5.41, 5.74) is 12.9. The molecule has 3 rings (SSSR count). The third-order valence-electron chi connectivity index (χ3n) is 3.72. The van der Waals surface area contributed by atoms with Crippen molar-refractivity contribution in [2.45, 2.75) is 0 Å². The average Bonchev–Trinajstić information content (AvgIpc) is 2.68. The number of carbonyl (C=O) groups excluding carboxylic acids is 1. The van der Waals surface area contributed by atoms with Crippen LogP contribution < -0.4 is 20.9 Å². The SMILES string of the molecule is N#Cc1ccc(Oc2ccc(OC(=O)c3cc(N)cc(N)c3)cc2)cc1C#N. The number of hydrogen-bond donors (Lipinski definition) is 2. The van der Waals surface area contributed by atoms with Crippen LogP contribution in [0.5, 0.6) is 17.2 Å². The Morgan fingerprint density at radius 3 is 1.93 bits per heavy atom. The van der Waals surface area contributed by atoms with Crippen molar-refractivity contribution in [1.29, 1.82) is 10.5 Å². The highest BCUT2D eigenvalue weighted by molar-refractivity contribution is 5.93. The number of nitrogens with two attached hydrogens (primary N) is 2. The number of rotatable bonds is 4. The number of nitrogen functional groups attached to an aromatic ring is 2. The number of benzene rings is 3. The Labute approximate surface area is 160 Å². The van der Waals surface area contributed by atoms with E-state index in [1.807, 2.05) is 12.1 Å². The second kappa shape index (κ2) is 7.81. The number of ether oxygens (including phenoxy) is 2. The molecule has 0 aliphatic heterocycles. The first-order valence-corrected chi connectivity index (χ1v) is 8.09. The Morgan fingerprint density at radius 1 is 0.750 bits per heavy atom. The molecule has 0 amide bonds. The third-order valence-corrected chi connectivity index (χ3v) is 3.72. The van der Waals surface area contributed by atoms with Gasteiger partial charge in [0.2, 0.25) is 0 Å². The van der Waals surface area contributed by atoms with Crippen LogP contribution in [0.4, 0.5) is 11.4 Å². The molecule has 136 valence electrons. The van der Waals surface area contributed by atoms with Gasteiger partial charge in [-0.15, -0.1) is 0 Å². The summed E-state index contributed by atoms with van der Waals surface area (Å²) in [6.07, 6.45) is 0. The monoisotopic (exact) mass is 370 g/mol. The Bertz CT molecular complexity index is 1110. The predicted octanol–water partition coefficient (Wildman–Crippen LogP) is 3.61. The van der Waals surface area contributed by atoms with Crippen molar-refractivity contribution in [1.82, 2.24) is 0 Å². The van der Waals surface area contributed by atoms with Crippen LogP contribution in [-0.2, 0) is 0 Å². The summed E-state index contributed by atoms with van der Waals surface area (Å²) in [6, 6.07) is 19.3. The fourth-order valence-electron chi connectivity index (χ4n) is 2.45. The normalized spacial score (nSPS) is 9.79. The van der Waals surface area contributed by atoms with Crippen LogP contribution in [0.15, 0.2) is 60.7 Å². The summed E-state index contributed by atoms with van der Waals surface area (Å²) < 4.78 is 11.0. The smallest absolute Gasteiger partial charge is 0.343 e. The minimum atomic E-state index is -0.585. The highest BCUT2D eigenvalue weighted by Gasteiger charge is 2.11. The number of hydrogen-bond acceptors (Lipinski definition) is 7. The molecule has 0 spiro atoms. The molecule has 0 fully saturated rings. The summed E-state index contributed by atoms with van der Waals surface area (Å²) in [7, 11) is 0. The minimum Gasteiger partial charge on any atom is -0.457 e. The number of nitriles is 2. The topological polar surface area (TPSA) is 135 Å². The third kappa shape index (κ3) is 4.18. The van der Waals surface area contributed by atoms with Gasteiger partial charge in [-0.2, -0.15) is 10.5 Å². The quantitative estimate of drug-likeness (QED) is 0.407. The standard InChI is InChI=1S/C21H14N4O3/c22-11-13-1-2-20(9-15(13)12-23)27-18-3-5-19(6-4-18)28-21(26)14-7-16(24)10-17(25)8-14/h1-10H,24-25H2. The maximum Gasteiger partial charge on any atom is 0.343 e. The molecule has 4 N–H and O–H groups in total. The second-order valence-corrected chi connectivity index (χ2v) is 5.78. The van der Waals surface area contributed by atoms with Gasteiger partial charge in [-0.05, 0) is 60.7 Å². The number of anilines is 2. The Morgan fingerprint density at radius 2 is 1.32 bits per heavy atom. The molecule has 0 bridgehead atoms. The molecule has 3 aromatic rings. The molecule has 0 heterocycles. The lowest BCUT2D eigenvalue weighted by Crippen LogP contribution is -2.09. The van der Waals surface area contributed by atoms with Gasteiger partial charge in [0.05, 0.1) is 16.7 Å². The van der Waals surface area contributed by atoms with Crippen LogP contribution in [-0.4, -0.2) is 5.97 Å². The van der Waals surface area contributed by atoms with Gasteiger partial charge in [0, 0.05) is 11.4 Å². The van der Waals surface area contributed by atoms with Gasteiger partial charge in [0.1, 0.15) is 29.4 Å². The molecule has 0 atom stereocenters. The molecule has 0 aromatic heterocycles. The van der Waals surface area contributed by atoms with Crippen molar-refractivity contribution in [3.05, 3.63) is 77.4 Å². The van der Waals surface area contributed by atoms with E-state index in [-0.39, 0.29) is 16.7 Å². The van der Waals surface area contributed by atoms with Gasteiger partial charge in [0.15, 0.2) is 0 Å². The molecule has 3 aromatic carbocycles. The van der Waals surface area contributed by atoms with Crippen LogP contribution in [0.1, 0.15) is 21.5 Å². The first-order chi connectivity index (χ1) is 13.5. The predicted molar refractivity (Wildman–Crippen MR) is 103 cm³/mol. The molecule has 0 unspecified atom stereocenters. The van der Waals surface area contributed by atoms with Gasteiger partial charge in [0.25, 0.3) is 0 Å². The highest BCUT2D eigenvalue weighted by Crippen LogP contribution is 2.26. The molecule has 0 aliphatic rings. The van der Waals surface area contributed by atoms with Crippen molar-refractivity contribution < 1.29 is 14.3 Å². The summed E-state index contributed by atoms with van der Waals surface area (Å²) in [5.74, 6) is 0.617. The van der Waals surface area contributed by atoms with Crippen LogP contribution in [0.25, 0.3) is 0 Å². The van der Waals surface area contributed by atoms with Gasteiger partial charge in [-0.3, -0.25) is 0 Å². The number of carbonyl (C=O) groups is 1. The number of nitrogens with zero attached hydrogens (tertiary/aromatic N) is 2. The molecular weight excluding hydrogens is 356 g/mol.